The van der Waals surface area contributed by atoms with Crippen LogP contribution >= 0.6 is 0 Å². The number of fused-ring (bicyclic) bond motifs is 1. The monoisotopic (exact) mass is 370 g/mol. The Labute approximate surface area is 154 Å². The van der Waals surface area contributed by atoms with Gasteiger partial charge < -0.3 is 5.32 Å². The Hall–Kier alpha value is -2.60. The second-order valence-corrected chi connectivity index (χ2v) is 8.57. The van der Waals surface area contributed by atoms with E-state index in [0.29, 0.717) is 23.4 Å². The molecule has 1 amide bonds. The highest BCUT2D eigenvalue weighted by molar-refractivity contribution is 7.97. The van der Waals surface area contributed by atoms with E-state index in [9.17, 15) is 13.2 Å². The zero-order chi connectivity index (χ0) is 18.9. The number of nitrogens with zero attached hydrogens (tertiary/aromatic N) is 1. The molecule has 6 heteroatoms. The van der Waals surface area contributed by atoms with Crippen LogP contribution in [0.5, 0.6) is 0 Å². The lowest BCUT2D eigenvalue weighted by Crippen LogP contribution is -2.40. The maximum Gasteiger partial charge on any atom is 0.270 e. The highest BCUT2D eigenvalue weighted by atomic mass is 32.2. The normalized spacial score (nSPS) is 15.8. The zero-order valence-electron chi connectivity index (χ0n) is 15.1. The molecule has 1 heterocycles. The van der Waals surface area contributed by atoms with Crippen LogP contribution in [0.1, 0.15) is 25.0 Å². The smallest absolute Gasteiger partial charge is 0.270 e. The van der Waals surface area contributed by atoms with Crippen molar-refractivity contribution >= 4 is 27.2 Å². The summed E-state index contributed by atoms with van der Waals surface area (Å²) in [7, 11) is -2.48. The van der Waals surface area contributed by atoms with Crippen LogP contribution in [-0.2, 0) is 14.8 Å². The fourth-order valence-electron chi connectivity index (χ4n) is 2.98. The van der Waals surface area contributed by atoms with E-state index >= 15 is 0 Å². The van der Waals surface area contributed by atoms with Crippen molar-refractivity contribution in [2.24, 2.45) is 5.92 Å². The van der Waals surface area contributed by atoms with Crippen LogP contribution in [0, 0.1) is 5.92 Å². The van der Waals surface area contributed by atoms with E-state index in [1.165, 1.54) is 11.4 Å². The summed E-state index contributed by atoms with van der Waals surface area (Å²) < 4.78 is 27.5. The molecule has 1 aliphatic rings. The fraction of sp³-hybridized carbons (Fsp3) is 0.250. The Morgan fingerprint density at radius 3 is 2.31 bits per heavy atom. The molecular formula is C20H22N2O3S. The number of sulfonamides is 1. The molecule has 3 rings (SSSR count). The Bertz CT molecular complexity index is 964. The van der Waals surface area contributed by atoms with Gasteiger partial charge in [0.25, 0.3) is 15.9 Å². The molecule has 26 heavy (non-hydrogen) atoms. The van der Waals surface area contributed by atoms with Crippen molar-refractivity contribution in [1.82, 2.24) is 5.32 Å². The first kappa shape index (κ1) is 18.2. The van der Waals surface area contributed by atoms with Crippen LogP contribution in [-0.4, -0.2) is 27.9 Å². The standard InChI is InChI=1S/C20H22N2O3S/c1-14(2)13-21-20(23)19-18(15-9-5-4-6-10-15)16-11-7-8-12-17(16)22(3)26(19,24)25/h4-12,14H,13H2,1-3H3,(H,21,23). The van der Waals surface area contributed by atoms with Gasteiger partial charge in [-0.25, -0.2) is 8.42 Å². The number of carbonyl (C=O) groups excluding carboxylic acids is 1. The first-order chi connectivity index (χ1) is 12.3. The van der Waals surface area contributed by atoms with Crippen molar-refractivity contribution in [3.05, 3.63) is 70.6 Å². The van der Waals surface area contributed by atoms with Crippen molar-refractivity contribution in [3.8, 4) is 0 Å². The van der Waals surface area contributed by atoms with E-state index in [4.69, 9.17) is 0 Å². The van der Waals surface area contributed by atoms with Gasteiger partial charge in [-0.3, -0.25) is 9.10 Å². The molecule has 0 unspecified atom stereocenters. The number of para-hydroxylation sites is 1. The van der Waals surface area contributed by atoms with Gasteiger partial charge in [0.1, 0.15) is 0 Å². The number of benzene rings is 2. The molecule has 136 valence electrons. The maximum atomic E-state index is 13.2. The topological polar surface area (TPSA) is 66.5 Å². The average molecular weight is 370 g/mol. The molecule has 2 aromatic rings. The van der Waals surface area contributed by atoms with Gasteiger partial charge in [0, 0.05) is 24.7 Å². The molecule has 0 aromatic heterocycles. The first-order valence-electron chi connectivity index (χ1n) is 8.50. The molecule has 1 aliphatic heterocycles. The van der Waals surface area contributed by atoms with Crippen LogP contribution in [0.15, 0.2) is 59.5 Å². The second kappa shape index (κ2) is 6.96. The molecule has 0 aliphatic carbocycles. The van der Waals surface area contributed by atoms with Crippen LogP contribution < -0.4 is 9.62 Å². The molecule has 0 bridgehead atoms. The third-order valence-corrected chi connectivity index (χ3v) is 6.12. The predicted molar refractivity (Wildman–Crippen MR) is 104 cm³/mol. The van der Waals surface area contributed by atoms with E-state index in [-0.39, 0.29) is 10.8 Å². The van der Waals surface area contributed by atoms with Crippen molar-refractivity contribution in [2.45, 2.75) is 13.8 Å². The van der Waals surface area contributed by atoms with Crippen LogP contribution in [0.25, 0.3) is 5.57 Å². The molecule has 0 atom stereocenters. The van der Waals surface area contributed by atoms with Gasteiger partial charge in [0.05, 0.1) is 5.69 Å². The molecule has 1 N–H and O–H groups in total. The molecular weight excluding hydrogens is 348 g/mol. The maximum absolute atomic E-state index is 13.2. The Balaban J connectivity index is 2.30. The van der Waals surface area contributed by atoms with E-state index in [0.717, 1.165) is 5.56 Å². The first-order valence-corrected chi connectivity index (χ1v) is 9.94. The Morgan fingerprint density at radius 2 is 1.65 bits per heavy atom. The average Bonchev–Trinajstić information content (AvgIpc) is 2.63. The summed E-state index contributed by atoms with van der Waals surface area (Å²) in [6.07, 6.45) is 0. The minimum absolute atomic E-state index is 0.203. The van der Waals surface area contributed by atoms with Crippen molar-refractivity contribution in [2.75, 3.05) is 17.9 Å². The second-order valence-electron chi connectivity index (χ2n) is 6.66. The molecule has 0 saturated carbocycles. The number of rotatable bonds is 4. The van der Waals surface area contributed by atoms with Crippen molar-refractivity contribution in [1.29, 1.82) is 0 Å². The van der Waals surface area contributed by atoms with Crippen LogP contribution in [0.4, 0.5) is 5.69 Å². The molecule has 0 fully saturated rings. The fourth-order valence-corrected chi connectivity index (χ4v) is 4.46. The summed E-state index contributed by atoms with van der Waals surface area (Å²) in [5, 5.41) is 2.76. The van der Waals surface area contributed by atoms with Gasteiger partial charge in [-0.1, -0.05) is 62.4 Å². The lowest BCUT2D eigenvalue weighted by Gasteiger charge is -2.31. The number of hydrogen-bond donors (Lipinski definition) is 1. The predicted octanol–water partition coefficient (Wildman–Crippen LogP) is 3.00. The Morgan fingerprint density at radius 1 is 1.04 bits per heavy atom. The molecule has 0 spiro atoms. The lowest BCUT2D eigenvalue weighted by atomic mass is 9.95. The summed E-state index contributed by atoms with van der Waals surface area (Å²) in [6, 6.07) is 16.4. The van der Waals surface area contributed by atoms with Gasteiger partial charge in [-0.15, -0.1) is 0 Å². The zero-order valence-corrected chi connectivity index (χ0v) is 15.9. The van der Waals surface area contributed by atoms with Crippen LogP contribution in [0.3, 0.4) is 0 Å². The largest absolute Gasteiger partial charge is 0.351 e. The summed E-state index contributed by atoms with van der Waals surface area (Å²) in [6.45, 7) is 4.33. The van der Waals surface area contributed by atoms with E-state index in [1.54, 1.807) is 12.1 Å². The summed E-state index contributed by atoms with van der Waals surface area (Å²) in [4.78, 5) is 12.7. The van der Waals surface area contributed by atoms with Crippen LogP contribution in [0.2, 0.25) is 0 Å². The number of hydrogen-bond acceptors (Lipinski definition) is 3. The van der Waals surface area contributed by atoms with Gasteiger partial charge in [-0.2, -0.15) is 0 Å². The number of amides is 1. The summed E-state index contributed by atoms with van der Waals surface area (Å²) >= 11 is 0. The van der Waals surface area contributed by atoms with Gasteiger partial charge in [0.2, 0.25) is 0 Å². The summed E-state index contributed by atoms with van der Waals surface area (Å²) in [5.74, 6) is -0.352. The summed E-state index contributed by atoms with van der Waals surface area (Å²) in [5.41, 5.74) is 2.43. The van der Waals surface area contributed by atoms with Gasteiger partial charge >= 0.3 is 0 Å². The van der Waals surface area contributed by atoms with Gasteiger partial charge in [-0.05, 0) is 17.5 Å². The molecule has 2 aromatic carbocycles. The molecule has 0 radical (unpaired) electrons. The highest BCUT2D eigenvalue weighted by Crippen LogP contribution is 2.41. The number of carbonyl (C=O) groups is 1. The molecule has 5 nitrogen and oxygen atoms in total. The lowest BCUT2D eigenvalue weighted by molar-refractivity contribution is -0.116. The third kappa shape index (κ3) is 3.12. The van der Waals surface area contributed by atoms with E-state index in [2.05, 4.69) is 5.32 Å². The minimum atomic E-state index is -3.96. The van der Waals surface area contributed by atoms with Crippen molar-refractivity contribution in [3.63, 3.8) is 0 Å². The number of nitrogens with one attached hydrogen (secondary N) is 1. The Kier molecular flexibility index (Phi) is 4.87. The third-order valence-electron chi connectivity index (χ3n) is 4.30. The SMILES string of the molecule is CC(C)CNC(=O)C1=C(c2ccccc2)c2ccccc2N(C)S1(=O)=O. The van der Waals surface area contributed by atoms with E-state index in [1.807, 2.05) is 56.3 Å². The minimum Gasteiger partial charge on any atom is -0.351 e. The quantitative estimate of drug-likeness (QED) is 0.900. The van der Waals surface area contributed by atoms with E-state index < -0.39 is 15.9 Å². The van der Waals surface area contributed by atoms with Crippen molar-refractivity contribution < 1.29 is 13.2 Å². The molecule has 0 saturated heterocycles. The number of anilines is 1. The van der Waals surface area contributed by atoms with Gasteiger partial charge in [0.15, 0.2) is 4.91 Å². The highest BCUT2D eigenvalue weighted by Gasteiger charge is 2.39.